The zero-order chi connectivity index (χ0) is 17.1. The van der Waals surface area contributed by atoms with E-state index >= 15 is 0 Å². The number of pyridine rings is 1. The number of aromatic nitrogens is 1. The van der Waals surface area contributed by atoms with E-state index in [1.807, 2.05) is 36.4 Å². The van der Waals surface area contributed by atoms with Crippen LogP contribution < -0.4 is 11.1 Å². The average molecular weight is 343 g/mol. The molecule has 24 heavy (non-hydrogen) atoms. The molecule has 0 unspecified atom stereocenters. The maximum absolute atomic E-state index is 12.5. The Bertz CT molecular complexity index is 860. The van der Waals surface area contributed by atoms with Gasteiger partial charge in [0, 0.05) is 25.3 Å². The van der Waals surface area contributed by atoms with E-state index in [0.717, 1.165) is 5.39 Å². The van der Waals surface area contributed by atoms with E-state index in [9.17, 15) is 4.79 Å². The molecule has 3 aromatic rings. The van der Waals surface area contributed by atoms with Crippen LogP contribution in [0.25, 0.3) is 10.2 Å². The highest BCUT2D eigenvalue weighted by Crippen LogP contribution is 2.34. The molecule has 1 aromatic carbocycles. The summed E-state index contributed by atoms with van der Waals surface area (Å²) in [6, 6.07) is 12.8. The molecule has 1 amide bonds. The van der Waals surface area contributed by atoms with Crippen LogP contribution in [0.1, 0.15) is 21.7 Å². The number of nitrogens with zero attached hydrogens (tertiary/aromatic N) is 1. The first-order valence-corrected chi connectivity index (χ1v) is 8.06. The first kappa shape index (κ1) is 16.4. The number of hydrogen-bond donors (Lipinski definition) is 2. The van der Waals surface area contributed by atoms with Crippen LogP contribution in [0, 0.1) is 0 Å². The minimum atomic E-state index is -0.556. The van der Waals surface area contributed by atoms with Gasteiger partial charge in [-0.15, -0.1) is 11.3 Å². The zero-order valence-electron chi connectivity index (χ0n) is 13.3. The number of ether oxygens (including phenoxy) is 2. The van der Waals surface area contributed by atoms with Crippen molar-refractivity contribution < 1.29 is 14.3 Å². The number of carbonyl (C=O) groups excluding carboxylic acids is 1. The van der Waals surface area contributed by atoms with Gasteiger partial charge >= 0.3 is 0 Å². The third kappa shape index (κ3) is 3.09. The smallest absolute Gasteiger partial charge is 0.267 e. The van der Waals surface area contributed by atoms with Crippen molar-refractivity contribution in [1.82, 2.24) is 4.98 Å². The zero-order valence-corrected chi connectivity index (χ0v) is 14.1. The molecule has 0 fully saturated rings. The Morgan fingerprint density at radius 2 is 1.88 bits per heavy atom. The van der Waals surface area contributed by atoms with E-state index < -0.39 is 6.29 Å². The van der Waals surface area contributed by atoms with Gasteiger partial charge in [-0.1, -0.05) is 18.2 Å². The molecule has 2 heterocycles. The van der Waals surface area contributed by atoms with E-state index in [1.54, 1.807) is 20.3 Å². The van der Waals surface area contributed by atoms with E-state index in [0.29, 0.717) is 26.8 Å². The third-order valence-electron chi connectivity index (χ3n) is 3.52. The molecule has 0 bridgehead atoms. The molecule has 3 rings (SSSR count). The number of anilines is 2. The van der Waals surface area contributed by atoms with Crippen LogP contribution in [-0.4, -0.2) is 25.1 Å². The van der Waals surface area contributed by atoms with Crippen molar-refractivity contribution in [1.29, 1.82) is 0 Å². The van der Waals surface area contributed by atoms with Crippen LogP contribution in [0.3, 0.4) is 0 Å². The number of rotatable bonds is 5. The van der Waals surface area contributed by atoms with E-state index in [-0.39, 0.29) is 5.91 Å². The van der Waals surface area contributed by atoms with Crippen LogP contribution in [0.4, 0.5) is 11.4 Å². The van der Waals surface area contributed by atoms with Crippen LogP contribution in [0.2, 0.25) is 0 Å². The highest BCUT2D eigenvalue weighted by molar-refractivity contribution is 7.21. The number of thiophene rings is 1. The monoisotopic (exact) mass is 343 g/mol. The van der Waals surface area contributed by atoms with E-state index in [4.69, 9.17) is 15.2 Å². The molecule has 0 spiro atoms. The number of nitrogens with one attached hydrogen (secondary N) is 1. The fraction of sp³-hybridized carbons (Fsp3) is 0.176. The summed E-state index contributed by atoms with van der Waals surface area (Å²) in [6.45, 7) is 0. The van der Waals surface area contributed by atoms with E-state index in [1.165, 1.54) is 11.3 Å². The van der Waals surface area contributed by atoms with Gasteiger partial charge in [0.05, 0.1) is 11.4 Å². The van der Waals surface area contributed by atoms with E-state index in [2.05, 4.69) is 10.3 Å². The largest absolute Gasteiger partial charge is 0.397 e. The van der Waals surface area contributed by atoms with Crippen molar-refractivity contribution >= 4 is 38.8 Å². The van der Waals surface area contributed by atoms with Gasteiger partial charge in [0.2, 0.25) is 6.29 Å². The van der Waals surface area contributed by atoms with Gasteiger partial charge in [-0.2, -0.15) is 0 Å². The van der Waals surface area contributed by atoms with Gasteiger partial charge in [0.15, 0.2) is 0 Å². The standard InChI is InChI=1S/C17H17N3O3S/c1-22-17(23-2)12-9-8-11-13(18)14(24-16(11)20-12)15(21)19-10-6-4-3-5-7-10/h3-9,17H,18H2,1-2H3,(H,19,21). The number of nitrogens with two attached hydrogens (primary N) is 1. The highest BCUT2D eigenvalue weighted by Gasteiger charge is 2.19. The fourth-order valence-corrected chi connectivity index (χ4v) is 3.35. The van der Waals surface area contributed by atoms with Crippen molar-refractivity contribution in [2.75, 3.05) is 25.3 Å². The Labute approximate surface area is 143 Å². The quantitative estimate of drug-likeness (QED) is 0.693. The van der Waals surface area contributed by atoms with Crippen LogP contribution >= 0.6 is 11.3 Å². The number of amides is 1. The number of fused-ring (bicyclic) bond motifs is 1. The maximum Gasteiger partial charge on any atom is 0.267 e. The summed E-state index contributed by atoms with van der Waals surface area (Å²) >= 11 is 1.24. The minimum Gasteiger partial charge on any atom is -0.397 e. The first-order valence-electron chi connectivity index (χ1n) is 7.25. The van der Waals surface area contributed by atoms with Gasteiger partial charge in [0.25, 0.3) is 5.91 Å². The molecular formula is C17H17N3O3S. The van der Waals surface area contributed by atoms with Gasteiger partial charge < -0.3 is 20.5 Å². The molecule has 0 saturated carbocycles. The second-order valence-electron chi connectivity index (χ2n) is 5.06. The number of methoxy groups -OCH3 is 2. The Kier molecular flexibility index (Phi) is 4.75. The first-order chi connectivity index (χ1) is 11.6. The van der Waals surface area contributed by atoms with Crippen LogP contribution in [0.15, 0.2) is 42.5 Å². The summed E-state index contributed by atoms with van der Waals surface area (Å²) in [5.41, 5.74) is 7.90. The molecule has 3 N–H and O–H groups in total. The van der Waals surface area contributed by atoms with Crippen molar-refractivity contribution in [2.24, 2.45) is 0 Å². The Hall–Kier alpha value is -2.48. The third-order valence-corrected chi connectivity index (χ3v) is 4.64. The van der Waals surface area contributed by atoms with Gasteiger partial charge in [0.1, 0.15) is 9.71 Å². The summed E-state index contributed by atoms with van der Waals surface area (Å²) < 4.78 is 10.4. The molecule has 124 valence electrons. The molecule has 0 aliphatic carbocycles. The summed E-state index contributed by atoms with van der Waals surface area (Å²) in [5.74, 6) is -0.252. The Balaban J connectivity index is 1.94. The predicted molar refractivity (Wildman–Crippen MR) is 95.2 cm³/mol. The van der Waals surface area contributed by atoms with Crippen molar-refractivity contribution in [2.45, 2.75) is 6.29 Å². The summed E-state index contributed by atoms with van der Waals surface area (Å²) in [7, 11) is 3.09. The summed E-state index contributed by atoms with van der Waals surface area (Å²) in [5, 5.41) is 3.58. The molecule has 0 atom stereocenters. The number of para-hydroxylation sites is 1. The molecular weight excluding hydrogens is 326 g/mol. The topological polar surface area (TPSA) is 86.5 Å². The minimum absolute atomic E-state index is 0.252. The summed E-state index contributed by atoms with van der Waals surface area (Å²) in [4.78, 5) is 18.1. The Morgan fingerprint density at radius 3 is 2.54 bits per heavy atom. The number of benzene rings is 1. The number of carbonyl (C=O) groups is 1. The maximum atomic E-state index is 12.5. The number of nitrogen functional groups attached to an aromatic ring is 1. The molecule has 0 saturated heterocycles. The van der Waals surface area contributed by atoms with Gasteiger partial charge in [-0.3, -0.25) is 4.79 Å². The van der Waals surface area contributed by atoms with Crippen molar-refractivity contribution in [3.05, 3.63) is 53.0 Å². The van der Waals surface area contributed by atoms with Gasteiger partial charge in [-0.05, 0) is 24.3 Å². The summed E-state index contributed by atoms with van der Waals surface area (Å²) in [6.07, 6.45) is -0.556. The fourth-order valence-electron chi connectivity index (χ4n) is 2.36. The molecule has 0 radical (unpaired) electrons. The van der Waals surface area contributed by atoms with Crippen molar-refractivity contribution in [3.63, 3.8) is 0 Å². The highest BCUT2D eigenvalue weighted by atomic mass is 32.1. The molecule has 6 nitrogen and oxygen atoms in total. The molecule has 0 aliphatic rings. The lowest BCUT2D eigenvalue weighted by molar-refractivity contribution is -0.108. The average Bonchev–Trinajstić information content (AvgIpc) is 2.93. The molecule has 2 aromatic heterocycles. The van der Waals surface area contributed by atoms with Gasteiger partial charge in [-0.25, -0.2) is 4.98 Å². The van der Waals surface area contributed by atoms with Crippen LogP contribution in [0.5, 0.6) is 0 Å². The lowest BCUT2D eigenvalue weighted by Gasteiger charge is -2.12. The number of hydrogen-bond acceptors (Lipinski definition) is 6. The molecule has 7 heteroatoms. The SMILES string of the molecule is COC(OC)c1ccc2c(N)c(C(=O)Nc3ccccc3)sc2n1. The second kappa shape index (κ2) is 6.96. The lowest BCUT2D eigenvalue weighted by atomic mass is 10.2. The molecule has 0 aliphatic heterocycles. The lowest BCUT2D eigenvalue weighted by Crippen LogP contribution is -2.11. The van der Waals surface area contributed by atoms with Crippen molar-refractivity contribution in [3.8, 4) is 0 Å². The van der Waals surface area contributed by atoms with Crippen LogP contribution in [-0.2, 0) is 9.47 Å². The second-order valence-corrected chi connectivity index (χ2v) is 6.06. The predicted octanol–water partition coefficient (Wildman–Crippen LogP) is 3.42. The Morgan fingerprint density at radius 1 is 1.17 bits per heavy atom. The normalized spacial score (nSPS) is 11.1.